The summed E-state index contributed by atoms with van der Waals surface area (Å²) in [5.74, 6) is -0.212. The molecule has 0 bridgehead atoms. The van der Waals surface area contributed by atoms with Crippen LogP contribution in [-0.4, -0.2) is 71.7 Å². The minimum atomic E-state index is -0.906. The van der Waals surface area contributed by atoms with Crippen LogP contribution in [0.2, 0.25) is 0 Å². The summed E-state index contributed by atoms with van der Waals surface area (Å²) in [6, 6.07) is 7.53. The molecule has 1 amide bonds. The fraction of sp³-hybridized carbons (Fsp3) is 0.448. The third-order valence-corrected chi connectivity index (χ3v) is 6.58. The standard InChI is InChI=1S/C29H38N2O7/c1-8-9-14-38-21-11-10-19(15-18(21)2)26(32)24-25(31(13-12-30(3)4)29(34)27(24)33)20-16-22(35-5)28(37-7)23(17-20)36-6/h10-11,15-17,25,32H,8-9,12-14H2,1-7H3. The molecule has 0 aliphatic carbocycles. The smallest absolute Gasteiger partial charge is 0.295 e. The molecule has 2 aromatic rings. The number of ether oxygens (including phenoxy) is 4. The number of unbranched alkanes of at least 4 members (excludes halogenated alkanes) is 1. The van der Waals surface area contributed by atoms with Gasteiger partial charge in [-0.05, 0) is 54.3 Å². The van der Waals surface area contributed by atoms with E-state index in [1.54, 1.807) is 30.3 Å². The maximum atomic E-state index is 13.9. The van der Waals surface area contributed by atoms with E-state index >= 15 is 0 Å². The van der Waals surface area contributed by atoms with E-state index in [0.29, 0.717) is 47.3 Å². The van der Waals surface area contributed by atoms with E-state index in [2.05, 4.69) is 6.92 Å². The number of benzene rings is 2. The molecule has 1 fully saturated rings. The molecule has 206 valence electrons. The van der Waals surface area contributed by atoms with Gasteiger partial charge in [0.05, 0.1) is 61.2 Å². The van der Waals surface area contributed by atoms with E-state index in [-0.39, 0.29) is 12.1 Å². The molecular weight excluding hydrogens is 488 g/mol. The lowest BCUT2D eigenvalue weighted by molar-refractivity contribution is -0.857. The summed E-state index contributed by atoms with van der Waals surface area (Å²) >= 11 is 0. The number of nitrogens with zero attached hydrogens (tertiary/aromatic N) is 1. The van der Waals surface area contributed by atoms with Gasteiger partial charge in [0.2, 0.25) is 11.5 Å². The largest absolute Gasteiger partial charge is 0.872 e. The fourth-order valence-electron chi connectivity index (χ4n) is 4.49. The van der Waals surface area contributed by atoms with E-state index in [4.69, 9.17) is 18.9 Å². The number of rotatable bonds is 12. The van der Waals surface area contributed by atoms with Crippen molar-refractivity contribution in [3.8, 4) is 23.0 Å². The molecule has 1 unspecified atom stereocenters. The molecule has 1 heterocycles. The molecule has 1 N–H and O–H groups in total. The van der Waals surface area contributed by atoms with Crippen LogP contribution in [0.25, 0.3) is 5.76 Å². The van der Waals surface area contributed by atoms with Crippen LogP contribution in [0, 0.1) is 6.92 Å². The van der Waals surface area contributed by atoms with Crippen molar-refractivity contribution >= 4 is 17.4 Å². The second-order valence-corrected chi connectivity index (χ2v) is 9.57. The maximum Gasteiger partial charge on any atom is 0.295 e. The normalized spacial score (nSPS) is 16.7. The number of ketones is 1. The number of carbonyl (C=O) groups is 2. The number of nitrogens with one attached hydrogen (secondary N) is 1. The molecule has 9 nitrogen and oxygen atoms in total. The van der Waals surface area contributed by atoms with Crippen LogP contribution in [0.3, 0.4) is 0 Å². The number of hydrogen-bond donors (Lipinski definition) is 1. The van der Waals surface area contributed by atoms with Gasteiger partial charge in [0, 0.05) is 5.57 Å². The number of likely N-dealkylation sites (tertiary alicyclic amines) is 1. The van der Waals surface area contributed by atoms with Gasteiger partial charge in [0.25, 0.3) is 5.91 Å². The molecule has 2 aromatic carbocycles. The molecular formula is C29H38N2O7. The van der Waals surface area contributed by atoms with Crippen LogP contribution >= 0.6 is 0 Å². The Hall–Kier alpha value is -3.72. The first-order valence-electron chi connectivity index (χ1n) is 12.8. The van der Waals surface area contributed by atoms with E-state index in [1.165, 1.54) is 26.2 Å². The summed E-state index contributed by atoms with van der Waals surface area (Å²) in [5.41, 5.74) is 1.52. The van der Waals surface area contributed by atoms with Gasteiger partial charge in [0.1, 0.15) is 5.75 Å². The molecule has 1 atom stereocenters. The minimum Gasteiger partial charge on any atom is -0.872 e. The Bertz CT molecular complexity index is 1180. The molecule has 0 aromatic heterocycles. The van der Waals surface area contributed by atoms with Crippen LogP contribution < -0.4 is 29.0 Å². The van der Waals surface area contributed by atoms with Gasteiger partial charge in [-0.15, -0.1) is 0 Å². The quantitative estimate of drug-likeness (QED) is 0.194. The number of likely N-dealkylation sites (N-methyl/N-ethyl adjacent to an activating group) is 1. The Kier molecular flexibility index (Phi) is 9.63. The average Bonchev–Trinajstić information content (AvgIpc) is 3.16. The van der Waals surface area contributed by atoms with Gasteiger partial charge in [-0.2, -0.15) is 0 Å². The van der Waals surface area contributed by atoms with Crippen LogP contribution in [0.5, 0.6) is 23.0 Å². The lowest BCUT2D eigenvalue weighted by atomic mass is 9.94. The van der Waals surface area contributed by atoms with Crippen LogP contribution in [0.4, 0.5) is 0 Å². The lowest BCUT2D eigenvalue weighted by Crippen LogP contribution is -3.06. The Morgan fingerprint density at radius 3 is 2.18 bits per heavy atom. The molecule has 1 aliphatic heterocycles. The second-order valence-electron chi connectivity index (χ2n) is 9.57. The van der Waals surface area contributed by atoms with Gasteiger partial charge >= 0.3 is 0 Å². The highest BCUT2D eigenvalue weighted by Crippen LogP contribution is 2.45. The number of quaternary nitrogens is 1. The summed E-state index contributed by atoms with van der Waals surface area (Å²) in [5, 5.41) is 13.9. The Balaban J connectivity index is 2.17. The third-order valence-electron chi connectivity index (χ3n) is 6.58. The maximum absolute atomic E-state index is 13.9. The van der Waals surface area contributed by atoms with Crippen molar-refractivity contribution in [2.24, 2.45) is 0 Å². The predicted octanol–water partition coefficient (Wildman–Crippen LogP) is 1.57. The number of methoxy groups -OCH3 is 3. The van der Waals surface area contributed by atoms with Crippen LogP contribution in [0.1, 0.15) is 42.5 Å². The van der Waals surface area contributed by atoms with E-state index < -0.39 is 23.5 Å². The number of carbonyl (C=O) groups excluding carboxylic acids is 2. The van der Waals surface area contributed by atoms with Crippen molar-refractivity contribution in [1.82, 2.24) is 4.90 Å². The molecule has 38 heavy (non-hydrogen) atoms. The van der Waals surface area contributed by atoms with Crippen molar-refractivity contribution in [3.05, 3.63) is 52.6 Å². The predicted molar refractivity (Wildman–Crippen MR) is 142 cm³/mol. The first kappa shape index (κ1) is 28.8. The van der Waals surface area contributed by atoms with Crippen molar-refractivity contribution in [2.45, 2.75) is 32.7 Å². The van der Waals surface area contributed by atoms with Crippen molar-refractivity contribution < 1.29 is 38.5 Å². The zero-order valence-corrected chi connectivity index (χ0v) is 23.3. The summed E-state index contributed by atoms with van der Waals surface area (Å²) in [6.45, 7) is 5.40. The summed E-state index contributed by atoms with van der Waals surface area (Å²) in [7, 11) is 8.39. The number of aryl methyl sites for hydroxylation is 1. The SMILES string of the molecule is CCCCOc1ccc(C([O-])=C2C(=O)C(=O)N(CC[NH+](C)C)C2c2cc(OC)c(OC)c(OC)c2)cc1C. The topological polar surface area (TPSA) is 102 Å². The molecule has 0 saturated carbocycles. The van der Waals surface area contributed by atoms with Gasteiger partial charge < -0.3 is 33.9 Å². The summed E-state index contributed by atoms with van der Waals surface area (Å²) in [6.07, 6.45) is 1.94. The fourth-order valence-corrected chi connectivity index (χ4v) is 4.49. The van der Waals surface area contributed by atoms with Gasteiger partial charge in [0.15, 0.2) is 11.5 Å². The third kappa shape index (κ3) is 5.88. The highest BCUT2D eigenvalue weighted by molar-refractivity contribution is 6.46. The van der Waals surface area contributed by atoms with Crippen molar-refractivity contribution in [3.63, 3.8) is 0 Å². The van der Waals surface area contributed by atoms with Gasteiger partial charge in [-0.1, -0.05) is 25.2 Å². The second kappa shape index (κ2) is 12.7. The lowest BCUT2D eigenvalue weighted by Gasteiger charge is -2.28. The first-order chi connectivity index (χ1) is 18.2. The molecule has 1 aliphatic rings. The Morgan fingerprint density at radius 2 is 1.66 bits per heavy atom. The molecule has 3 rings (SSSR count). The average molecular weight is 527 g/mol. The number of hydrogen-bond acceptors (Lipinski definition) is 7. The summed E-state index contributed by atoms with van der Waals surface area (Å²) < 4.78 is 22.3. The number of Topliss-reactive ketones (excluding diaryl/α,β-unsaturated/α-hetero) is 1. The van der Waals surface area contributed by atoms with E-state index in [1.807, 2.05) is 21.0 Å². The zero-order valence-electron chi connectivity index (χ0n) is 23.3. The molecule has 1 saturated heterocycles. The van der Waals surface area contributed by atoms with Crippen molar-refractivity contribution in [1.29, 1.82) is 0 Å². The van der Waals surface area contributed by atoms with Crippen LogP contribution in [-0.2, 0) is 9.59 Å². The highest BCUT2D eigenvalue weighted by Gasteiger charge is 2.45. The van der Waals surface area contributed by atoms with Crippen LogP contribution in [0.15, 0.2) is 35.9 Å². The van der Waals surface area contributed by atoms with Gasteiger partial charge in [-0.3, -0.25) is 9.59 Å². The highest BCUT2D eigenvalue weighted by atomic mass is 16.5. The molecule has 0 spiro atoms. The Morgan fingerprint density at radius 1 is 1.00 bits per heavy atom. The van der Waals surface area contributed by atoms with Crippen molar-refractivity contribution in [2.75, 3.05) is 55.1 Å². The van der Waals surface area contributed by atoms with Gasteiger partial charge in [-0.25, -0.2) is 0 Å². The van der Waals surface area contributed by atoms with E-state index in [9.17, 15) is 14.7 Å². The number of amides is 1. The molecule has 9 heteroatoms. The minimum absolute atomic E-state index is 0.0999. The van der Waals surface area contributed by atoms with E-state index in [0.717, 1.165) is 23.3 Å². The Labute approximate surface area is 224 Å². The molecule has 0 radical (unpaired) electrons. The zero-order chi connectivity index (χ0) is 28.0. The summed E-state index contributed by atoms with van der Waals surface area (Å²) in [4.78, 5) is 29.1. The first-order valence-corrected chi connectivity index (χ1v) is 12.8. The monoisotopic (exact) mass is 526 g/mol.